The molecule has 1 aromatic heterocycles. The van der Waals surface area contributed by atoms with Crippen molar-refractivity contribution in [2.24, 2.45) is 0 Å². The third kappa shape index (κ3) is 5.18. The number of aromatic carboxylic acids is 1. The Bertz CT molecular complexity index is 1480. The number of carboxylic acid groups (broad SMARTS) is 1. The standard InChI is InChI=1S/C25H17ClN2O8S/c26-17-4-1-13(24(31)32)9-16(17)18-6-3-15(36-18)11-21-23(30)28(25(33)37-21)12-22(29)27-14-2-5-19-20(10-14)35-8-7-34-19/h1-6,9-11H,7-8,12H2,(H,27,29)(H,31,32)/b21-11+. The molecular weight excluding hydrogens is 524 g/mol. The highest BCUT2D eigenvalue weighted by atomic mass is 35.5. The first-order chi connectivity index (χ1) is 17.8. The highest BCUT2D eigenvalue weighted by Crippen LogP contribution is 2.35. The van der Waals surface area contributed by atoms with Crippen LogP contribution in [0.25, 0.3) is 17.4 Å². The second-order valence-electron chi connectivity index (χ2n) is 7.88. The third-order valence-electron chi connectivity index (χ3n) is 5.38. The van der Waals surface area contributed by atoms with Crippen LogP contribution in [-0.2, 0) is 9.59 Å². The number of carbonyl (C=O) groups excluding carboxylic acids is 3. The molecule has 12 heteroatoms. The number of hydrogen-bond acceptors (Lipinski definition) is 8. The highest BCUT2D eigenvalue weighted by Gasteiger charge is 2.36. The summed E-state index contributed by atoms with van der Waals surface area (Å²) in [5.41, 5.74) is 0.837. The number of nitrogens with zero attached hydrogens (tertiary/aromatic N) is 1. The summed E-state index contributed by atoms with van der Waals surface area (Å²) < 4.78 is 16.7. The zero-order valence-electron chi connectivity index (χ0n) is 18.9. The van der Waals surface area contributed by atoms with Crippen molar-refractivity contribution in [2.75, 3.05) is 25.1 Å². The summed E-state index contributed by atoms with van der Waals surface area (Å²) in [6, 6.07) is 12.2. The van der Waals surface area contributed by atoms with E-state index in [1.54, 1.807) is 30.3 Å². The molecule has 0 saturated carbocycles. The summed E-state index contributed by atoms with van der Waals surface area (Å²) in [5, 5.41) is 11.5. The first-order valence-electron chi connectivity index (χ1n) is 10.9. The molecule has 0 aliphatic carbocycles. The molecule has 1 fully saturated rings. The molecule has 3 heterocycles. The van der Waals surface area contributed by atoms with Crippen molar-refractivity contribution in [3.05, 3.63) is 69.8 Å². The average Bonchev–Trinajstić information content (AvgIpc) is 3.44. The molecule has 0 radical (unpaired) electrons. The van der Waals surface area contributed by atoms with Gasteiger partial charge in [0.15, 0.2) is 11.5 Å². The average molecular weight is 541 g/mol. The smallest absolute Gasteiger partial charge is 0.335 e. The van der Waals surface area contributed by atoms with Crippen molar-refractivity contribution in [3.63, 3.8) is 0 Å². The van der Waals surface area contributed by atoms with Gasteiger partial charge in [-0.05, 0) is 54.2 Å². The fraction of sp³-hybridized carbons (Fsp3) is 0.120. The number of rotatable bonds is 6. The number of ether oxygens (including phenoxy) is 2. The maximum absolute atomic E-state index is 12.8. The number of amides is 3. The monoisotopic (exact) mass is 540 g/mol. The normalized spacial score (nSPS) is 15.8. The zero-order valence-corrected chi connectivity index (χ0v) is 20.4. The van der Waals surface area contributed by atoms with E-state index in [9.17, 15) is 24.3 Å². The first-order valence-corrected chi connectivity index (χ1v) is 12.1. The number of furan rings is 1. The number of nitrogens with one attached hydrogen (secondary N) is 1. The first kappa shape index (κ1) is 24.5. The van der Waals surface area contributed by atoms with Gasteiger partial charge >= 0.3 is 5.97 Å². The maximum atomic E-state index is 12.8. The summed E-state index contributed by atoms with van der Waals surface area (Å²) in [6.45, 7) is 0.361. The van der Waals surface area contributed by atoms with Crippen molar-refractivity contribution in [3.8, 4) is 22.8 Å². The molecule has 2 aromatic carbocycles. The number of halogens is 1. The Morgan fingerprint density at radius 2 is 1.84 bits per heavy atom. The van der Waals surface area contributed by atoms with Gasteiger partial charge in [-0.2, -0.15) is 0 Å². The predicted molar refractivity (Wildman–Crippen MR) is 135 cm³/mol. The molecule has 1 saturated heterocycles. The van der Waals surface area contributed by atoms with Crippen molar-refractivity contribution in [1.29, 1.82) is 0 Å². The second kappa shape index (κ2) is 10.0. The molecule has 0 atom stereocenters. The molecule has 10 nitrogen and oxygen atoms in total. The Balaban J connectivity index is 1.27. The lowest BCUT2D eigenvalue weighted by molar-refractivity contribution is -0.127. The van der Waals surface area contributed by atoms with Crippen LogP contribution in [0, 0.1) is 0 Å². The highest BCUT2D eigenvalue weighted by molar-refractivity contribution is 8.18. The summed E-state index contributed by atoms with van der Waals surface area (Å²) in [5.74, 6) is -0.721. The zero-order chi connectivity index (χ0) is 26.1. The predicted octanol–water partition coefficient (Wildman–Crippen LogP) is 4.74. The van der Waals surface area contributed by atoms with E-state index in [1.807, 2.05) is 0 Å². The van der Waals surface area contributed by atoms with E-state index < -0.39 is 29.6 Å². The summed E-state index contributed by atoms with van der Waals surface area (Å²) in [4.78, 5) is 50.0. The van der Waals surface area contributed by atoms with Gasteiger partial charge in [0.25, 0.3) is 11.1 Å². The van der Waals surface area contributed by atoms with E-state index in [4.69, 9.17) is 25.5 Å². The number of hydrogen-bond donors (Lipinski definition) is 2. The minimum atomic E-state index is -1.11. The van der Waals surface area contributed by atoms with Crippen molar-refractivity contribution < 1.29 is 38.2 Å². The van der Waals surface area contributed by atoms with E-state index in [1.165, 1.54) is 24.3 Å². The molecule has 3 aromatic rings. The van der Waals surface area contributed by atoms with Gasteiger partial charge in [0.1, 0.15) is 31.3 Å². The second-order valence-corrected chi connectivity index (χ2v) is 9.28. The fourth-order valence-electron chi connectivity index (χ4n) is 3.65. The van der Waals surface area contributed by atoms with Gasteiger partial charge in [-0.1, -0.05) is 11.6 Å². The molecule has 2 aliphatic rings. The van der Waals surface area contributed by atoms with E-state index >= 15 is 0 Å². The lowest BCUT2D eigenvalue weighted by Gasteiger charge is -2.19. The minimum Gasteiger partial charge on any atom is -0.486 e. The molecule has 5 rings (SSSR count). The summed E-state index contributed by atoms with van der Waals surface area (Å²) >= 11 is 6.87. The van der Waals surface area contributed by atoms with Gasteiger partial charge in [-0.25, -0.2) is 4.79 Å². The van der Waals surface area contributed by atoms with Crippen LogP contribution >= 0.6 is 23.4 Å². The SMILES string of the molecule is O=C(CN1C(=O)S/C(=C/c2ccc(-c3cc(C(=O)O)ccc3Cl)o2)C1=O)Nc1ccc2c(c1)OCCO2. The van der Waals surface area contributed by atoms with Crippen LogP contribution in [0.4, 0.5) is 10.5 Å². The number of anilines is 1. The van der Waals surface area contributed by atoms with Crippen molar-refractivity contribution in [2.45, 2.75) is 0 Å². The lowest BCUT2D eigenvalue weighted by Crippen LogP contribution is -2.36. The molecule has 37 heavy (non-hydrogen) atoms. The molecule has 0 spiro atoms. The van der Waals surface area contributed by atoms with Gasteiger partial charge in [0, 0.05) is 23.4 Å². The van der Waals surface area contributed by atoms with Crippen LogP contribution in [0.1, 0.15) is 16.1 Å². The van der Waals surface area contributed by atoms with Crippen LogP contribution in [0.5, 0.6) is 11.5 Å². The van der Waals surface area contributed by atoms with E-state index in [-0.39, 0.29) is 27.0 Å². The number of carbonyl (C=O) groups is 4. The number of fused-ring (bicyclic) bond motifs is 1. The van der Waals surface area contributed by atoms with Gasteiger partial charge in [-0.15, -0.1) is 0 Å². The quantitative estimate of drug-likeness (QED) is 0.425. The topological polar surface area (TPSA) is 135 Å². The van der Waals surface area contributed by atoms with Crippen LogP contribution < -0.4 is 14.8 Å². The Hall–Kier alpha value is -4.22. The van der Waals surface area contributed by atoms with Crippen molar-refractivity contribution >= 4 is 58.1 Å². The maximum Gasteiger partial charge on any atom is 0.335 e. The van der Waals surface area contributed by atoms with E-state index in [0.717, 1.165) is 4.90 Å². The summed E-state index contributed by atoms with van der Waals surface area (Å²) in [6.07, 6.45) is 1.38. The molecule has 188 valence electrons. The Morgan fingerprint density at radius 3 is 2.62 bits per heavy atom. The Labute approximate surface area is 218 Å². The molecular formula is C25H17ClN2O8S. The number of thioether (sulfide) groups is 1. The third-order valence-corrected chi connectivity index (χ3v) is 6.62. The number of carboxylic acids is 1. The van der Waals surface area contributed by atoms with Crippen LogP contribution in [0.2, 0.25) is 5.02 Å². The number of benzene rings is 2. The van der Waals surface area contributed by atoms with Gasteiger partial charge in [0.05, 0.1) is 15.5 Å². The lowest BCUT2D eigenvalue weighted by atomic mass is 10.1. The van der Waals surface area contributed by atoms with Crippen molar-refractivity contribution in [1.82, 2.24) is 4.90 Å². The molecule has 2 N–H and O–H groups in total. The largest absolute Gasteiger partial charge is 0.486 e. The Morgan fingerprint density at radius 1 is 1.05 bits per heavy atom. The van der Waals surface area contributed by atoms with E-state index in [0.29, 0.717) is 47.7 Å². The van der Waals surface area contributed by atoms with Gasteiger partial charge in [0.2, 0.25) is 5.91 Å². The number of imide groups is 1. The summed E-state index contributed by atoms with van der Waals surface area (Å²) in [7, 11) is 0. The van der Waals surface area contributed by atoms with Gasteiger partial charge in [-0.3, -0.25) is 19.3 Å². The van der Waals surface area contributed by atoms with Crippen LogP contribution in [-0.4, -0.2) is 52.8 Å². The van der Waals surface area contributed by atoms with Gasteiger partial charge < -0.3 is 24.3 Å². The van der Waals surface area contributed by atoms with E-state index in [2.05, 4.69) is 5.32 Å². The minimum absolute atomic E-state index is 0.0352. The Kier molecular flexibility index (Phi) is 6.64. The molecule has 0 unspecified atom stereocenters. The molecule has 3 amide bonds. The molecule has 2 aliphatic heterocycles. The van der Waals surface area contributed by atoms with Crippen LogP contribution in [0.3, 0.4) is 0 Å². The van der Waals surface area contributed by atoms with Crippen LogP contribution in [0.15, 0.2) is 57.9 Å². The molecule has 0 bridgehead atoms. The fourth-order valence-corrected chi connectivity index (χ4v) is 4.68.